The van der Waals surface area contributed by atoms with Crippen LogP contribution in [0.5, 0.6) is 0 Å². The van der Waals surface area contributed by atoms with E-state index in [1.54, 1.807) is 6.92 Å². The molecule has 2 nitrogen and oxygen atoms in total. The van der Waals surface area contributed by atoms with E-state index in [9.17, 15) is 18.3 Å². The van der Waals surface area contributed by atoms with Crippen LogP contribution in [0.4, 0.5) is 13.2 Å². The molecule has 5 heteroatoms. The van der Waals surface area contributed by atoms with Gasteiger partial charge in [0.25, 0.3) is 0 Å². The minimum absolute atomic E-state index is 0.00230. The predicted molar refractivity (Wildman–Crippen MR) is 63.9 cm³/mol. The molecular weight excluding hydrogens is 257 g/mol. The second-order valence-electron chi connectivity index (χ2n) is 5.22. The molecule has 2 rings (SSSR count). The van der Waals surface area contributed by atoms with Crippen LogP contribution in [-0.4, -0.2) is 17.3 Å². The van der Waals surface area contributed by atoms with Gasteiger partial charge in [0.15, 0.2) is 11.6 Å². The van der Waals surface area contributed by atoms with Crippen molar-refractivity contribution >= 4 is 0 Å². The Labute approximate surface area is 110 Å². The number of halogens is 3. The molecule has 0 spiro atoms. The number of hydrogen-bond donors (Lipinski definition) is 1. The van der Waals surface area contributed by atoms with Crippen molar-refractivity contribution in [1.82, 2.24) is 0 Å². The van der Waals surface area contributed by atoms with Crippen LogP contribution in [0.3, 0.4) is 0 Å². The third-order valence-corrected chi connectivity index (χ3v) is 4.04. The van der Waals surface area contributed by atoms with Crippen LogP contribution in [0.2, 0.25) is 0 Å². The van der Waals surface area contributed by atoms with Gasteiger partial charge in [-0.1, -0.05) is 6.92 Å². The zero-order chi connectivity index (χ0) is 14.3. The lowest BCUT2D eigenvalue weighted by Gasteiger charge is -2.25. The molecule has 1 aliphatic heterocycles. The molecule has 1 aromatic carbocycles. The summed E-state index contributed by atoms with van der Waals surface area (Å²) in [6.45, 7) is 5.54. The summed E-state index contributed by atoms with van der Waals surface area (Å²) in [5.41, 5.74) is -0.222. The standard InChI is InChI=1S/C14H17F3O2/c1-6-7(2)19-8(3)13(6)14(18)9-4-11(16)12(17)5-10(9)15/h4-8,13-14,18H,1-3H3. The van der Waals surface area contributed by atoms with Gasteiger partial charge in [0.1, 0.15) is 5.82 Å². The molecule has 1 aliphatic rings. The van der Waals surface area contributed by atoms with Crippen molar-refractivity contribution < 1.29 is 23.0 Å². The molecule has 1 heterocycles. The van der Waals surface area contributed by atoms with Crippen LogP contribution in [0, 0.1) is 29.3 Å². The first-order valence-electron chi connectivity index (χ1n) is 6.31. The summed E-state index contributed by atoms with van der Waals surface area (Å²) in [6, 6.07) is 1.18. The Kier molecular flexibility index (Phi) is 3.87. The summed E-state index contributed by atoms with van der Waals surface area (Å²) < 4.78 is 45.3. The first kappa shape index (κ1) is 14.3. The zero-order valence-electron chi connectivity index (χ0n) is 11.0. The topological polar surface area (TPSA) is 29.5 Å². The van der Waals surface area contributed by atoms with Crippen molar-refractivity contribution in [1.29, 1.82) is 0 Å². The average molecular weight is 274 g/mol. The number of benzene rings is 1. The molecular formula is C14H17F3O2. The number of aliphatic hydroxyl groups excluding tert-OH is 1. The Hall–Kier alpha value is -1.07. The highest BCUT2D eigenvalue weighted by atomic mass is 19.2. The van der Waals surface area contributed by atoms with E-state index in [2.05, 4.69) is 0 Å². The molecule has 19 heavy (non-hydrogen) atoms. The maximum absolute atomic E-state index is 13.7. The van der Waals surface area contributed by atoms with E-state index in [1.165, 1.54) is 0 Å². The summed E-state index contributed by atoms with van der Waals surface area (Å²) in [7, 11) is 0. The number of hydrogen-bond acceptors (Lipinski definition) is 2. The lowest BCUT2D eigenvalue weighted by Crippen LogP contribution is -2.25. The average Bonchev–Trinajstić information content (AvgIpc) is 2.57. The van der Waals surface area contributed by atoms with Crippen molar-refractivity contribution in [3.63, 3.8) is 0 Å². The van der Waals surface area contributed by atoms with Gasteiger partial charge >= 0.3 is 0 Å². The fourth-order valence-electron chi connectivity index (χ4n) is 2.81. The van der Waals surface area contributed by atoms with Crippen LogP contribution in [0.1, 0.15) is 32.4 Å². The highest BCUT2D eigenvalue weighted by Crippen LogP contribution is 2.41. The van der Waals surface area contributed by atoms with Gasteiger partial charge in [-0.25, -0.2) is 13.2 Å². The van der Waals surface area contributed by atoms with E-state index in [1.807, 2.05) is 13.8 Å². The molecule has 0 radical (unpaired) electrons. The van der Waals surface area contributed by atoms with Gasteiger partial charge in [-0.3, -0.25) is 0 Å². The molecule has 0 aliphatic carbocycles. The minimum atomic E-state index is -1.26. The molecule has 1 saturated heterocycles. The first-order chi connectivity index (χ1) is 8.82. The molecule has 1 fully saturated rings. The molecule has 1 aromatic rings. The largest absolute Gasteiger partial charge is 0.388 e. The number of aliphatic hydroxyl groups is 1. The van der Waals surface area contributed by atoms with E-state index in [0.29, 0.717) is 6.07 Å². The van der Waals surface area contributed by atoms with Crippen molar-refractivity contribution in [2.75, 3.05) is 0 Å². The highest BCUT2D eigenvalue weighted by Gasteiger charge is 2.42. The quantitative estimate of drug-likeness (QED) is 0.839. The first-order valence-corrected chi connectivity index (χ1v) is 6.31. The predicted octanol–water partition coefficient (Wildman–Crippen LogP) is 3.20. The Morgan fingerprint density at radius 3 is 2.11 bits per heavy atom. The van der Waals surface area contributed by atoms with E-state index < -0.39 is 23.6 Å². The van der Waals surface area contributed by atoms with E-state index in [-0.39, 0.29) is 29.6 Å². The fourth-order valence-corrected chi connectivity index (χ4v) is 2.81. The lowest BCUT2D eigenvalue weighted by atomic mass is 9.82. The van der Waals surface area contributed by atoms with Gasteiger partial charge in [-0.05, 0) is 25.8 Å². The van der Waals surface area contributed by atoms with Gasteiger partial charge < -0.3 is 9.84 Å². The highest BCUT2D eigenvalue weighted by molar-refractivity contribution is 5.23. The van der Waals surface area contributed by atoms with Crippen molar-refractivity contribution in [2.24, 2.45) is 11.8 Å². The Morgan fingerprint density at radius 1 is 1.00 bits per heavy atom. The van der Waals surface area contributed by atoms with Crippen molar-refractivity contribution in [3.8, 4) is 0 Å². The molecule has 0 amide bonds. The fraction of sp³-hybridized carbons (Fsp3) is 0.571. The molecule has 0 bridgehead atoms. The Balaban J connectivity index is 2.34. The summed E-state index contributed by atoms with van der Waals surface area (Å²) in [4.78, 5) is 0. The monoisotopic (exact) mass is 274 g/mol. The number of ether oxygens (including phenoxy) is 1. The molecule has 0 saturated carbocycles. The molecule has 0 aromatic heterocycles. The van der Waals surface area contributed by atoms with Crippen LogP contribution >= 0.6 is 0 Å². The van der Waals surface area contributed by atoms with E-state index in [0.717, 1.165) is 6.07 Å². The van der Waals surface area contributed by atoms with Crippen LogP contribution < -0.4 is 0 Å². The van der Waals surface area contributed by atoms with E-state index >= 15 is 0 Å². The molecule has 106 valence electrons. The maximum Gasteiger partial charge on any atom is 0.161 e. The van der Waals surface area contributed by atoms with Crippen LogP contribution in [0.15, 0.2) is 12.1 Å². The Bertz CT molecular complexity index is 478. The lowest BCUT2D eigenvalue weighted by molar-refractivity contribution is 0.0219. The summed E-state index contributed by atoms with van der Waals surface area (Å²) in [6.07, 6.45) is -1.56. The SMILES string of the molecule is CC1OC(C)C(C(O)c2cc(F)c(F)cc2F)C1C. The van der Waals surface area contributed by atoms with Crippen LogP contribution in [0.25, 0.3) is 0 Å². The molecule has 5 unspecified atom stereocenters. The summed E-state index contributed by atoms with van der Waals surface area (Å²) in [5, 5.41) is 10.3. The normalized spacial score (nSPS) is 32.6. The Morgan fingerprint density at radius 2 is 1.58 bits per heavy atom. The van der Waals surface area contributed by atoms with Gasteiger partial charge in [0, 0.05) is 17.5 Å². The van der Waals surface area contributed by atoms with Gasteiger partial charge in [-0.15, -0.1) is 0 Å². The second kappa shape index (κ2) is 5.13. The van der Waals surface area contributed by atoms with Gasteiger partial charge in [0.05, 0.1) is 18.3 Å². The van der Waals surface area contributed by atoms with Crippen molar-refractivity contribution in [2.45, 2.75) is 39.1 Å². The third-order valence-electron chi connectivity index (χ3n) is 4.04. The van der Waals surface area contributed by atoms with Crippen LogP contribution in [-0.2, 0) is 4.74 Å². The number of rotatable bonds is 2. The maximum atomic E-state index is 13.7. The van der Waals surface area contributed by atoms with E-state index in [4.69, 9.17) is 4.74 Å². The smallest absolute Gasteiger partial charge is 0.161 e. The minimum Gasteiger partial charge on any atom is -0.388 e. The van der Waals surface area contributed by atoms with Gasteiger partial charge in [-0.2, -0.15) is 0 Å². The third kappa shape index (κ3) is 2.49. The zero-order valence-corrected chi connectivity index (χ0v) is 11.0. The second-order valence-corrected chi connectivity index (χ2v) is 5.22. The summed E-state index contributed by atoms with van der Waals surface area (Å²) >= 11 is 0. The van der Waals surface area contributed by atoms with Gasteiger partial charge in [0.2, 0.25) is 0 Å². The van der Waals surface area contributed by atoms with Crippen molar-refractivity contribution in [3.05, 3.63) is 35.1 Å². The molecule has 1 N–H and O–H groups in total. The summed E-state index contributed by atoms with van der Waals surface area (Å²) in [5.74, 6) is -3.72. The molecule has 5 atom stereocenters.